The molecule has 0 rings (SSSR count). The van der Waals surface area contributed by atoms with Gasteiger partial charge in [0.15, 0.2) is 0 Å². The fourth-order valence-electron chi connectivity index (χ4n) is 1.01. The van der Waals surface area contributed by atoms with E-state index in [9.17, 15) is 8.42 Å². The Bertz CT molecular complexity index is 303. The van der Waals surface area contributed by atoms with E-state index in [1.165, 1.54) is 18.4 Å². The molecular formula is C8H17N3O2S. The van der Waals surface area contributed by atoms with Crippen LogP contribution in [0.2, 0.25) is 0 Å². The van der Waals surface area contributed by atoms with Gasteiger partial charge in [0.1, 0.15) is 0 Å². The highest BCUT2D eigenvalue weighted by Crippen LogP contribution is 2.09. The van der Waals surface area contributed by atoms with E-state index in [-0.39, 0.29) is 19.0 Å². The van der Waals surface area contributed by atoms with Crippen molar-refractivity contribution >= 4 is 10.2 Å². The van der Waals surface area contributed by atoms with Crippen LogP contribution in [0.25, 0.3) is 0 Å². The zero-order chi connectivity index (χ0) is 11.4. The fraction of sp³-hybridized carbons (Fsp3) is 0.875. The Morgan fingerprint density at radius 2 is 1.86 bits per heavy atom. The van der Waals surface area contributed by atoms with Gasteiger partial charge >= 0.3 is 0 Å². The first-order valence-corrected chi connectivity index (χ1v) is 5.80. The minimum absolute atomic E-state index is 0.129. The van der Waals surface area contributed by atoms with Gasteiger partial charge in [0, 0.05) is 33.1 Å². The maximum Gasteiger partial charge on any atom is 0.281 e. The van der Waals surface area contributed by atoms with Crippen LogP contribution in [0.15, 0.2) is 0 Å². The molecule has 0 atom stereocenters. The van der Waals surface area contributed by atoms with E-state index in [2.05, 4.69) is 0 Å². The van der Waals surface area contributed by atoms with Gasteiger partial charge in [-0.3, -0.25) is 0 Å². The van der Waals surface area contributed by atoms with Gasteiger partial charge in [0.25, 0.3) is 10.2 Å². The topological polar surface area (TPSA) is 64.4 Å². The minimum Gasteiger partial charge on any atom is -0.198 e. The predicted molar refractivity (Wildman–Crippen MR) is 54.7 cm³/mol. The molecular weight excluding hydrogens is 202 g/mol. The molecule has 0 aliphatic heterocycles. The zero-order valence-electron chi connectivity index (χ0n) is 9.06. The van der Waals surface area contributed by atoms with E-state index in [0.717, 1.165) is 4.31 Å². The maximum atomic E-state index is 11.7. The first kappa shape index (κ1) is 13.4. The molecule has 0 saturated carbocycles. The summed E-state index contributed by atoms with van der Waals surface area (Å²) in [4.78, 5) is 0. The third-order valence-corrected chi connectivity index (χ3v) is 3.90. The summed E-state index contributed by atoms with van der Waals surface area (Å²) in [5, 5.41) is 8.42. The van der Waals surface area contributed by atoms with Crippen molar-refractivity contribution in [3.63, 3.8) is 0 Å². The molecule has 0 aromatic carbocycles. The second-order valence-corrected chi connectivity index (χ2v) is 5.50. The summed E-state index contributed by atoms with van der Waals surface area (Å²) in [6.07, 6.45) is 0.214. The van der Waals surface area contributed by atoms with Gasteiger partial charge in [0.05, 0.1) is 6.07 Å². The Balaban J connectivity index is 4.76. The van der Waals surface area contributed by atoms with Crippen LogP contribution in [0.4, 0.5) is 0 Å². The molecule has 0 heterocycles. The number of hydrogen-bond donors (Lipinski definition) is 0. The van der Waals surface area contributed by atoms with Crippen molar-refractivity contribution in [2.75, 3.05) is 20.6 Å². The van der Waals surface area contributed by atoms with E-state index in [0.29, 0.717) is 0 Å². The van der Waals surface area contributed by atoms with Crippen LogP contribution in [0.5, 0.6) is 0 Å². The van der Waals surface area contributed by atoms with Crippen LogP contribution in [0, 0.1) is 11.3 Å². The Morgan fingerprint density at radius 1 is 1.36 bits per heavy atom. The Hall–Kier alpha value is -0.640. The summed E-state index contributed by atoms with van der Waals surface area (Å²) < 4.78 is 25.9. The van der Waals surface area contributed by atoms with Crippen molar-refractivity contribution in [3.8, 4) is 6.07 Å². The fourth-order valence-corrected chi connectivity index (χ4v) is 2.28. The highest BCUT2D eigenvalue weighted by atomic mass is 32.2. The van der Waals surface area contributed by atoms with Crippen LogP contribution >= 0.6 is 0 Å². The highest BCUT2D eigenvalue weighted by Gasteiger charge is 2.26. The summed E-state index contributed by atoms with van der Waals surface area (Å²) >= 11 is 0. The number of hydrogen-bond acceptors (Lipinski definition) is 3. The SMILES string of the molecule is CC(C)N(CCC#N)S(=O)(=O)N(C)C. The highest BCUT2D eigenvalue weighted by molar-refractivity contribution is 7.86. The molecule has 0 aromatic heterocycles. The molecule has 0 aliphatic rings. The lowest BCUT2D eigenvalue weighted by Crippen LogP contribution is -2.44. The van der Waals surface area contributed by atoms with Gasteiger partial charge in [-0.15, -0.1) is 0 Å². The van der Waals surface area contributed by atoms with Crippen molar-refractivity contribution in [3.05, 3.63) is 0 Å². The van der Waals surface area contributed by atoms with Gasteiger partial charge in [-0.2, -0.15) is 22.3 Å². The van der Waals surface area contributed by atoms with Crippen molar-refractivity contribution in [2.45, 2.75) is 26.3 Å². The second kappa shape index (κ2) is 5.29. The number of nitriles is 1. The lowest BCUT2D eigenvalue weighted by Gasteiger charge is -2.27. The van der Waals surface area contributed by atoms with Crippen LogP contribution < -0.4 is 0 Å². The Morgan fingerprint density at radius 3 is 2.14 bits per heavy atom. The molecule has 14 heavy (non-hydrogen) atoms. The van der Waals surface area contributed by atoms with E-state index in [1.807, 2.05) is 6.07 Å². The summed E-state index contributed by atoms with van der Waals surface area (Å²) in [6, 6.07) is 1.81. The molecule has 0 unspecified atom stereocenters. The first-order chi connectivity index (χ1) is 6.34. The molecule has 0 fully saturated rings. The average molecular weight is 219 g/mol. The van der Waals surface area contributed by atoms with Gasteiger partial charge in [-0.25, -0.2) is 0 Å². The van der Waals surface area contributed by atoms with E-state index in [4.69, 9.17) is 5.26 Å². The molecule has 0 N–H and O–H groups in total. The van der Waals surface area contributed by atoms with Gasteiger partial charge < -0.3 is 0 Å². The molecule has 82 valence electrons. The third-order valence-electron chi connectivity index (χ3n) is 1.78. The van der Waals surface area contributed by atoms with Crippen molar-refractivity contribution < 1.29 is 8.42 Å². The standard InChI is InChI=1S/C8H17N3O2S/c1-8(2)11(7-5-6-9)14(12,13)10(3)4/h8H,5,7H2,1-4H3. The third kappa shape index (κ3) is 3.25. The molecule has 5 nitrogen and oxygen atoms in total. The van der Waals surface area contributed by atoms with Crippen molar-refractivity contribution in [1.82, 2.24) is 8.61 Å². The van der Waals surface area contributed by atoms with Crippen LogP contribution in [-0.4, -0.2) is 43.7 Å². The Labute approximate surface area is 86.1 Å². The molecule has 0 bridgehead atoms. The quantitative estimate of drug-likeness (QED) is 0.673. The number of nitrogens with zero attached hydrogens (tertiary/aromatic N) is 3. The minimum atomic E-state index is -3.39. The molecule has 0 aliphatic carbocycles. The summed E-state index contributed by atoms with van der Waals surface area (Å²) in [7, 11) is -0.428. The molecule has 0 spiro atoms. The first-order valence-electron chi connectivity index (χ1n) is 4.40. The van der Waals surface area contributed by atoms with Crippen molar-refractivity contribution in [1.29, 1.82) is 5.26 Å². The van der Waals surface area contributed by atoms with E-state index in [1.54, 1.807) is 13.8 Å². The zero-order valence-corrected chi connectivity index (χ0v) is 9.87. The summed E-state index contributed by atoms with van der Waals surface area (Å²) in [5.41, 5.74) is 0. The Kier molecular flexibility index (Phi) is 5.05. The van der Waals surface area contributed by atoms with E-state index < -0.39 is 10.2 Å². The van der Waals surface area contributed by atoms with Crippen LogP contribution in [-0.2, 0) is 10.2 Å². The van der Waals surface area contributed by atoms with Gasteiger partial charge in [0.2, 0.25) is 0 Å². The molecule has 0 amide bonds. The monoisotopic (exact) mass is 219 g/mol. The lowest BCUT2D eigenvalue weighted by atomic mass is 10.3. The normalized spacial score (nSPS) is 12.4. The summed E-state index contributed by atoms with van der Waals surface area (Å²) in [6.45, 7) is 3.82. The second-order valence-electron chi connectivity index (χ2n) is 3.40. The number of rotatable bonds is 5. The largest absolute Gasteiger partial charge is 0.281 e. The van der Waals surface area contributed by atoms with Crippen LogP contribution in [0.1, 0.15) is 20.3 Å². The molecule has 6 heteroatoms. The molecule has 0 radical (unpaired) electrons. The summed E-state index contributed by atoms with van der Waals surface area (Å²) in [5.74, 6) is 0. The lowest BCUT2D eigenvalue weighted by molar-refractivity contribution is 0.333. The smallest absolute Gasteiger partial charge is 0.198 e. The van der Waals surface area contributed by atoms with Gasteiger partial charge in [-0.05, 0) is 13.8 Å². The molecule has 0 saturated heterocycles. The molecule has 0 aromatic rings. The predicted octanol–water partition coefficient (Wildman–Crippen LogP) is 0.417. The van der Waals surface area contributed by atoms with Crippen molar-refractivity contribution in [2.24, 2.45) is 0 Å². The van der Waals surface area contributed by atoms with Crippen LogP contribution in [0.3, 0.4) is 0 Å². The van der Waals surface area contributed by atoms with E-state index >= 15 is 0 Å². The maximum absolute atomic E-state index is 11.7. The average Bonchev–Trinajstić information content (AvgIpc) is 2.03. The van der Waals surface area contributed by atoms with Gasteiger partial charge in [-0.1, -0.05) is 0 Å².